The van der Waals surface area contributed by atoms with Gasteiger partial charge in [-0.2, -0.15) is 0 Å². The lowest BCUT2D eigenvalue weighted by Crippen LogP contribution is -3.12. The summed E-state index contributed by atoms with van der Waals surface area (Å²) in [6.07, 6.45) is 5.97. The molecule has 2 aliphatic rings. The molecule has 1 fully saturated rings. The number of hydrogen-bond acceptors (Lipinski definition) is 3. The van der Waals surface area contributed by atoms with Crippen LogP contribution >= 0.6 is 22.9 Å². The van der Waals surface area contributed by atoms with Gasteiger partial charge >= 0.3 is 0 Å². The Labute approximate surface area is 170 Å². The van der Waals surface area contributed by atoms with Gasteiger partial charge in [0.2, 0.25) is 0 Å². The number of nitrogens with zero attached hydrogens (tertiary/aromatic N) is 1. The number of nitrogens with one attached hydrogen (secondary N) is 2. The van der Waals surface area contributed by atoms with Gasteiger partial charge in [0.15, 0.2) is 0 Å². The molecular weight excluding hydrogens is 378 g/mol. The van der Waals surface area contributed by atoms with Crippen molar-refractivity contribution in [3.8, 4) is 0 Å². The molecule has 0 radical (unpaired) electrons. The van der Waals surface area contributed by atoms with Crippen LogP contribution in [-0.2, 0) is 12.8 Å². The Morgan fingerprint density at radius 2 is 1.93 bits per heavy atom. The fraction of sp³-hybridized carbons (Fsp3) is 0.476. The van der Waals surface area contributed by atoms with Crippen LogP contribution in [0.1, 0.15) is 39.4 Å². The van der Waals surface area contributed by atoms with Crippen molar-refractivity contribution in [3.05, 3.63) is 44.6 Å². The lowest BCUT2D eigenvalue weighted by Gasteiger charge is -2.33. The van der Waals surface area contributed by atoms with Gasteiger partial charge in [-0.25, -0.2) is 0 Å². The predicted octanol–water partition coefficient (Wildman–Crippen LogP) is 3.26. The highest BCUT2D eigenvalue weighted by Crippen LogP contribution is 2.32. The zero-order valence-electron chi connectivity index (χ0n) is 15.8. The van der Waals surface area contributed by atoms with E-state index in [1.165, 1.54) is 29.7 Å². The van der Waals surface area contributed by atoms with E-state index in [4.69, 9.17) is 11.6 Å². The van der Waals surface area contributed by atoms with Gasteiger partial charge < -0.3 is 15.1 Å². The summed E-state index contributed by atoms with van der Waals surface area (Å²) >= 11 is 7.90. The Morgan fingerprint density at radius 1 is 1.15 bits per heavy atom. The first kappa shape index (κ1) is 18.8. The first-order chi connectivity index (χ1) is 13.1. The van der Waals surface area contributed by atoms with Crippen molar-refractivity contribution < 1.29 is 9.69 Å². The predicted molar refractivity (Wildman–Crippen MR) is 114 cm³/mol. The summed E-state index contributed by atoms with van der Waals surface area (Å²) < 4.78 is 0. The second-order valence-corrected chi connectivity index (χ2v) is 9.25. The average Bonchev–Trinajstić information content (AvgIpc) is 2.94. The zero-order valence-corrected chi connectivity index (χ0v) is 17.4. The van der Waals surface area contributed by atoms with Crippen LogP contribution < -0.4 is 15.1 Å². The number of benzene rings is 1. The number of piperazine rings is 1. The van der Waals surface area contributed by atoms with Crippen LogP contribution in [0.25, 0.3) is 0 Å². The minimum atomic E-state index is -0.0173. The largest absolute Gasteiger partial charge is 0.359 e. The highest BCUT2D eigenvalue weighted by Gasteiger charge is 2.22. The summed E-state index contributed by atoms with van der Waals surface area (Å²) in [5, 5.41) is 3.79. The Bertz CT molecular complexity index is 803. The van der Waals surface area contributed by atoms with Crippen molar-refractivity contribution in [1.29, 1.82) is 0 Å². The number of amides is 1. The molecule has 4 rings (SSSR count). The molecule has 0 spiro atoms. The van der Waals surface area contributed by atoms with Gasteiger partial charge in [-0.1, -0.05) is 18.0 Å². The molecule has 1 aliphatic carbocycles. The summed E-state index contributed by atoms with van der Waals surface area (Å²) in [5.41, 5.74) is 3.25. The number of hydrogen-bond donors (Lipinski definition) is 2. The highest BCUT2D eigenvalue weighted by molar-refractivity contribution is 7.14. The number of halogens is 1. The smallest absolute Gasteiger partial charge is 0.265 e. The van der Waals surface area contributed by atoms with Gasteiger partial charge in [0.1, 0.15) is 0 Å². The third kappa shape index (κ3) is 4.31. The fourth-order valence-corrected chi connectivity index (χ4v) is 5.30. The first-order valence-corrected chi connectivity index (χ1v) is 11.1. The van der Waals surface area contributed by atoms with E-state index < -0.39 is 0 Å². The topological polar surface area (TPSA) is 36.8 Å². The summed E-state index contributed by atoms with van der Waals surface area (Å²) in [5.74, 6) is -0.0173. The monoisotopic (exact) mass is 404 g/mol. The average molecular weight is 405 g/mol. The molecule has 2 aromatic rings. The minimum Gasteiger partial charge on any atom is -0.359 e. The second kappa shape index (κ2) is 8.21. The Hall–Kier alpha value is -1.56. The normalized spacial score (nSPS) is 18.1. The van der Waals surface area contributed by atoms with E-state index in [2.05, 4.69) is 23.3 Å². The van der Waals surface area contributed by atoms with Crippen molar-refractivity contribution in [2.75, 3.05) is 43.4 Å². The molecule has 0 atom stereocenters. The quantitative estimate of drug-likeness (QED) is 0.770. The Kier molecular flexibility index (Phi) is 5.71. The molecule has 0 saturated carbocycles. The fourth-order valence-electron chi connectivity index (χ4n) is 3.98. The van der Waals surface area contributed by atoms with Gasteiger partial charge in [0, 0.05) is 9.90 Å². The van der Waals surface area contributed by atoms with Crippen molar-refractivity contribution in [2.24, 2.45) is 0 Å². The molecule has 1 aromatic heterocycles. The van der Waals surface area contributed by atoms with E-state index in [1.807, 2.05) is 18.2 Å². The van der Waals surface area contributed by atoms with Crippen molar-refractivity contribution >= 4 is 40.2 Å². The number of aryl methyl sites for hydroxylation is 2. The number of thiophene rings is 1. The van der Waals surface area contributed by atoms with Crippen molar-refractivity contribution in [1.82, 2.24) is 0 Å². The van der Waals surface area contributed by atoms with E-state index in [1.54, 1.807) is 16.2 Å². The van der Waals surface area contributed by atoms with Crippen LogP contribution in [0.2, 0.25) is 5.02 Å². The van der Waals surface area contributed by atoms with Crippen LogP contribution in [0.15, 0.2) is 24.3 Å². The molecule has 4 nitrogen and oxygen atoms in total. The number of anilines is 2. The van der Waals surface area contributed by atoms with E-state index in [-0.39, 0.29) is 5.91 Å². The summed E-state index contributed by atoms with van der Waals surface area (Å²) in [6.45, 7) is 4.19. The molecule has 0 bridgehead atoms. The molecule has 27 heavy (non-hydrogen) atoms. The lowest BCUT2D eigenvalue weighted by molar-refractivity contribution is -0.880. The van der Waals surface area contributed by atoms with E-state index in [0.717, 1.165) is 55.3 Å². The van der Waals surface area contributed by atoms with Crippen LogP contribution in [0.3, 0.4) is 0 Å². The SMILES string of the molecule is C[NH+]1CCN(c2ccc(Cl)cc2NC(=O)c2cc3c(s2)CCCCC3)CC1. The number of carbonyl (C=O) groups excluding carboxylic acids is 1. The number of rotatable bonds is 3. The number of carbonyl (C=O) groups is 1. The highest BCUT2D eigenvalue weighted by atomic mass is 35.5. The van der Waals surface area contributed by atoms with Crippen molar-refractivity contribution in [3.63, 3.8) is 0 Å². The molecule has 2 N–H and O–H groups in total. The molecule has 0 unspecified atom stereocenters. The third-order valence-corrected chi connectivity index (χ3v) is 7.11. The lowest BCUT2D eigenvalue weighted by atomic mass is 10.1. The summed E-state index contributed by atoms with van der Waals surface area (Å²) in [6, 6.07) is 7.91. The van der Waals surface area contributed by atoms with Crippen LogP contribution in [0.5, 0.6) is 0 Å². The molecule has 144 valence electrons. The van der Waals surface area contributed by atoms with E-state index >= 15 is 0 Å². The summed E-state index contributed by atoms with van der Waals surface area (Å²) in [4.78, 5) is 19.1. The maximum atomic E-state index is 12.9. The first-order valence-electron chi connectivity index (χ1n) is 9.89. The van der Waals surface area contributed by atoms with E-state index in [0.29, 0.717) is 5.02 Å². The number of quaternary nitrogens is 1. The second-order valence-electron chi connectivity index (χ2n) is 7.68. The van der Waals surface area contributed by atoms with Crippen molar-refractivity contribution in [2.45, 2.75) is 32.1 Å². The number of likely N-dealkylation sites (N-methyl/N-ethyl adjacent to an activating group) is 1. The molecule has 1 amide bonds. The molecule has 2 heterocycles. The van der Waals surface area contributed by atoms with Gasteiger partial charge in [-0.05, 0) is 55.5 Å². The molecular formula is C21H27ClN3OS+. The maximum absolute atomic E-state index is 12.9. The van der Waals surface area contributed by atoms with Gasteiger partial charge in [-0.3, -0.25) is 4.79 Å². The van der Waals surface area contributed by atoms with Crippen LogP contribution in [-0.4, -0.2) is 39.1 Å². The third-order valence-electron chi connectivity index (χ3n) is 5.63. The van der Waals surface area contributed by atoms with Gasteiger partial charge in [0.05, 0.1) is 49.5 Å². The Morgan fingerprint density at radius 3 is 2.74 bits per heavy atom. The molecule has 1 aliphatic heterocycles. The summed E-state index contributed by atoms with van der Waals surface area (Å²) in [7, 11) is 2.22. The molecule has 1 saturated heterocycles. The molecule has 1 aromatic carbocycles. The zero-order chi connectivity index (χ0) is 18.8. The van der Waals surface area contributed by atoms with Crippen LogP contribution in [0, 0.1) is 0 Å². The van der Waals surface area contributed by atoms with E-state index in [9.17, 15) is 4.79 Å². The maximum Gasteiger partial charge on any atom is 0.265 e. The van der Waals surface area contributed by atoms with Crippen LogP contribution in [0.4, 0.5) is 11.4 Å². The Balaban J connectivity index is 1.55. The molecule has 6 heteroatoms. The standard InChI is InChI=1S/C21H26ClN3OS/c1-24-9-11-25(12-10-24)18-8-7-16(22)14-17(18)23-21(26)20-13-15-5-3-2-4-6-19(15)27-20/h7-8,13-14H,2-6,9-12H2,1H3,(H,23,26)/p+1. The minimum absolute atomic E-state index is 0.0173. The number of fused-ring (bicyclic) bond motifs is 1. The van der Waals surface area contributed by atoms with Gasteiger partial charge in [0.25, 0.3) is 5.91 Å². The van der Waals surface area contributed by atoms with Gasteiger partial charge in [-0.15, -0.1) is 11.3 Å².